The van der Waals surface area contributed by atoms with Crippen molar-refractivity contribution in [3.63, 3.8) is 0 Å². The molecule has 0 bridgehead atoms. The van der Waals surface area contributed by atoms with E-state index in [0.29, 0.717) is 38.3 Å². The molecule has 1 aromatic carbocycles. The lowest BCUT2D eigenvalue weighted by molar-refractivity contribution is -0.274. The van der Waals surface area contributed by atoms with Gasteiger partial charge in [0.25, 0.3) is 5.91 Å². The molecule has 10 heteroatoms. The summed E-state index contributed by atoms with van der Waals surface area (Å²) in [4.78, 5) is 19.8. The topological polar surface area (TPSA) is 71.7 Å². The maximum absolute atomic E-state index is 13.7. The summed E-state index contributed by atoms with van der Waals surface area (Å²) in [6.07, 6.45) is -2.24. The van der Waals surface area contributed by atoms with Crippen LogP contribution < -0.4 is 10.5 Å². The molecule has 1 saturated heterocycles. The van der Waals surface area contributed by atoms with Gasteiger partial charge in [0.2, 0.25) is 0 Å². The van der Waals surface area contributed by atoms with Gasteiger partial charge in [-0.1, -0.05) is 0 Å². The third kappa shape index (κ3) is 4.89. The van der Waals surface area contributed by atoms with Crippen LogP contribution in [0.1, 0.15) is 15.9 Å². The average Bonchev–Trinajstić information content (AvgIpc) is 2.64. The molecule has 1 fully saturated rings. The first kappa shape index (κ1) is 19.9. The number of nitrogen functional groups attached to an aromatic ring is 1. The van der Waals surface area contributed by atoms with Crippen molar-refractivity contribution in [1.29, 1.82) is 0 Å². The third-order valence-corrected chi connectivity index (χ3v) is 4.40. The van der Waals surface area contributed by atoms with Gasteiger partial charge in [-0.3, -0.25) is 14.7 Å². The normalized spacial score (nSPS) is 15.5. The smallest absolute Gasteiger partial charge is 0.404 e. The van der Waals surface area contributed by atoms with Crippen LogP contribution >= 0.6 is 0 Å². The Bertz CT molecular complexity index is 852. The molecular weight excluding hydrogens is 380 g/mol. The predicted octanol–water partition coefficient (Wildman–Crippen LogP) is 2.66. The third-order valence-electron chi connectivity index (χ3n) is 4.40. The molecule has 0 atom stereocenters. The van der Waals surface area contributed by atoms with E-state index in [-0.39, 0.29) is 17.1 Å². The van der Waals surface area contributed by atoms with Gasteiger partial charge in [0, 0.05) is 50.0 Å². The summed E-state index contributed by atoms with van der Waals surface area (Å²) in [5.41, 5.74) is 5.85. The zero-order valence-electron chi connectivity index (χ0n) is 14.7. The van der Waals surface area contributed by atoms with Crippen LogP contribution in [0.25, 0.3) is 0 Å². The number of anilines is 1. The monoisotopic (exact) mass is 398 g/mol. The summed E-state index contributed by atoms with van der Waals surface area (Å²) in [6, 6.07) is 5.16. The Morgan fingerprint density at radius 2 is 1.89 bits per heavy atom. The van der Waals surface area contributed by atoms with E-state index in [2.05, 4.69) is 9.72 Å². The Morgan fingerprint density at radius 1 is 1.18 bits per heavy atom. The fraction of sp³-hybridized carbons (Fsp3) is 0.333. The van der Waals surface area contributed by atoms with Crippen LogP contribution in [-0.4, -0.2) is 53.2 Å². The second kappa shape index (κ2) is 8.01. The molecule has 6 nitrogen and oxygen atoms in total. The maximum atomic E-state index is 13.7. The number of nitrogens with two attached hydrogens (primary N) is 1. The van der Waals surface area contributed by atoms with Crippen LogP contribution in [0.5, 0.6) is 5.75 Å². The number of hydrogen-bond acceptors (Lipinski definition) is 5. The summed E-state index contributed by atoms with van der Waals surface area (Å²) in [7, 11) is 0. The first-order valence-electron chi connectivity index (χ1n) is 8.48. The number of pyridine rings is 1. The van der Waals surface area contributed by atoms with Gasteiger partial charge in [0.15, 0.2) is 5.75 Å². The SMILES string of the molecule is Nc1ccc(C(=O)N2CCN(Cc3ccncc3F)CC2)cc1OC(F)(F)F. The molecule has 0 saturated carbocycles. The van der Waals surface area contributed by atoms with Gasteiger partial charge in [-0.15, -0.1) is 13.2 Å². The fourth-order valence-corrected chi connectivity index (χ4v) is 2.95. The van der Waals surface area contributed by atoms with E-state index >= 15 is 0 Å². The Kier molecular flexibility index (Phi) is 5.68. The van der Waals surface area contributed by atoms with Crippen molar-refractivity contribution in [2.75, 3.05) is 31.9 Å². The van der Waals surface area contributed by atoms with Crippen molar-refractivity contribution >= 4 is 11.6 Å². The molecule has 3 rings (SSSR count). The molecule has 0 unspecified atom stereocenters. The Balaban J connectivity index is 1.62. The molecule has 28 heavy (non-hydrogen) atoms. The maximum Gasteiger partial charge on any atom is 0.573 e. The molecule has 1 aromatic heterocycles. The number of ether oxygens (including phenoxy) is 1. The van der Waals surface area contributed by atoms with Gasteiger partial charge < -0.3 is 15.4 Å². The lowest BCUT2D eigenvalue weighted by Gasteiger charge is -2.34. The van der Waals surface area contributed by atoms with Crippen LogP contribution in [0.2, 0.25) is 0 Å². The zero-order valence-corrected chi connectivity index (χ0v) is 14.7. The summed E-state index contributed by atoms with van der Waals surface area (Å²) in [6.45, 7) is 2.14. The van der Waals surface area contributed by atoms with E-state index in [1.807, 2.05) is 4.90 Å². The largest absolute Gasteiger partial charge is 0.573 e. The van der Waals surface area contributed by atoms with E-state index in [9.17, 15) is 22.4 Å². The lowest BCUT2D eigenvalue weighted by Crippen LogP contribution is -2.48. The molecule has 1 amide bonds. The molecule has 1 aliphatic rings. The molecule has 0 spiro atoms. The minimum Gasteiger partial charge on any atom is -0.404 e. The number of nitrogens with zero attached hydrogens (tertiary/aromatic N) is 3. The quantitative estimate of drug-likeness (QED) is 0.633. The number of alkyl halides is 3. The number of carbonyl (C=O) groups excluding carboxylic acids is 1. The highest BCUT2D eigenvalue weighted by atomic mass is 19.4. The minimum atomic E-state index is -4.90. The second-order valence-corrected chi connectivity index (χ2v) is 6.34. The molecule has 0 radical (unpaired) electrons. The first-order valence-corrected chi connectivity index (χ1v) is 8.48. The van der Waals surface area contributed by atoms with Crippen LogP contribution in [0.3, 0.4) is 0 Å². The highest BCUT2D eigenvalue weighted by molar-refractivity contribution is 5.95. The zero-order chi connectivity index (χ0) is 20.3. The number of aromatic nitrogens is 1. The van der Waals surface area contributed by atoms with Gasteiger partial charge >= 0.3 is 6.36 Å². The van der Waals surface area contributed by atoms with Gasteiger partial charge in [-0.2, -0.15) is 0 Å². The van der Waals surface area contributed by atoms with Crippen molar-refractivity contribution in [2.45, 2.75) is 12.9 Å². The van der Waals surface area contributed by atoms with E-state index < -0.39 is 18.0 Å². The fourth-order valence-electron chi connectivity index (χ4n) is 2.95. The number of rotatable bonds is 4. The van der Waals surface area contributed by atoms with E-state index in [4.69, 9.17) is 5.73 Å². The van der Waals surface area contributed by atoms with Gasteiger partial charge in [0.05, 0.1) is 11.9 Å². The number of hydrogen-bond donors (Lipinski definition) is 1. The van der Waals surface area contributed by atoms with Crippen LogP contribution in [0.15, 0.2) is 36.7 Å². The summed E-state index contributed by atoms with van der Waals surface area (Å²) < 4.78 is 54.9. The molecule has 1 aliphatic heterocycles. The van der Waals surface area contributed by atoms with E-state index in [1.165, 1.54) is 23.2 Å². The molecule has 2 N–H and O–H groups in total. The molecule has 150 valence electrons. The molecule has 2 heterocycles. The summed E-state index contributed by atoms with van der Waals surface area (Å²) >= 11 is 0. The number of halogens is 4. The Hall–Kier alpha value is -2.88. The number of carbonyl (C=O) groups is 1. The molecule has 2 aromatic rings. The number of benzene rings is 1. The van der Waals surface area contributed by atoms with Gasteiger partial charge in [-0.05, 0) is 24.3 Å². The van der Waals surface area contributed by atoms with Crippen molar-refractivity contribution in [3.05, 3.63) is 53.6 Å². The molecule has 0 aliphatic carbocycles. The van der Waals surface area contributed by atoms with Crippen molar-refractivity contribution in [2.24, 2.45) is 0 Å². The minimum absolute atomic E-state index is 0.0575. The van der Waals surface area contributed by atoms with Crippen molar-refractivity contribution < 1.29 is 27.1 Å². The van der Waals surface area contributed by atoms with Crippen LogP contribution in [-0.2, 0) is 6.54 Å². The molecular formula is C18H18F4N4O2. The summed E-state index contributed by atoms with van der Waals surface area (Å²) in [5.74, 6) is -1.41. The van der Waals surface area contributed by atoms with E-state index in [1.54, 1.807) is 6.07 Å². The second-order valence-electron chi connectivity index (χ2n) is 6.34. The predicted molar refractivity (Wildman–Crippen MR) is 92.9 cm³/mol. The summed E-state index contributed by atoms with van der Waals surface area (Å²) in [5, 5.41) is 0. The van der Waals surface area contributed by atoms with Crippen molar-refractivity contribution in [1.82, 2.24) is 14.8 Å². The first-order chi connectivity index (χ1) is 13.2. The van der Waals surface area contributed by atoms with Crippen LogP contribution in [0, 0.1) is 5.82 Å². The highest BCUT2D eigenvalue weighted by Gasteiger charge is 2.32. The van der Waals surface area contributed by atoms with Crippen LogP contribution in [0.4, 0.5) is 23.2 Å². The Morgan fingerprint density at radius 3 is 2.54 bits per heavy atom. The lowest BCUT2D eigenvalue weighted by atomic mass is 10.1. The van der Waals surface area contributed by atoms with Crippen molar-refractivity contribution in [3.8, 4) is 5.75 Å². The average molecular weight is 398 g/mol. The van der Waals surface area contributed by atoms with Gasteiger partial charge in [-0.25, -0.2) is 4.39 Å². The standard InChI is InChI=1S/C18H18F4N4O2/c19-14-10-24-4-3-13(14)11-25-5-7-26(8-6-25)17(27)12-1-2-15(23)16(9-12)28-18(20,21)22/h1-4,9-10H,5-8,11,23H2. The van der Waals surface area contributed by atoms with Gasteiger partial charge in [0.1, 0.15) is 5.82 Å². The highest BCUT2D eigenvalue weighted by Crippen LogP contribution is 2.29. The number of piperazine rings is 1. The van der Waals surface area contributed by atoms with E-state index in [0.717, 1.165) is 12.3 Å². The number of amides is 1. The Labute approximate surface area is 158 Å².